The minimum Gasteiger partial charge on any atom is -0.327 e. The number of hydrogen-bond acceptors (Lipinski definition) is 2. The fourth-order valence-corrected chi connectivity index (χ4v) is 3.89. The Balaban J connectivity index is 1.89. The van der Waals surface area contributed by atoms with Crippen LogP contribution in [-0.4, -0.2) is 6.04 Å². The summed E-state index contributed by atoms with van der Waals surface area (Å²) >= 11 is 7.60. The lowest BCUT2D eigenvalue weighted by Gasteiger charge is -2.31. The molecule has 1 fully saturated rings. The zero-order chi connectivity index (χ0) is 11.5. The zero-order valence-corrected chi connectivity index (χ0v) is 11.4. The van der Waals surface area contributed by atoms with Crippen LogP contribution in [-0.2, 0) is 6.42 Å². The molecule has 3 heteroatoms. The van der Waals surface area contributed by atoms with Crippen molar-refractivity contribution in [1.82, 2.24) is 0 Å². The van der Waals surface area contributed by atoms with Gasteiger partial charge in [0.05, 0.1) is 4.34 Å². The summed E-state index contributed by atoms with van der Waals surface area (Å²) in [6.45, 7) is 2.35. The van der Waals surface area contributed by atoms with Crippen molar-refractivity contribution in [3.63, 3.8) is 0 Å². The Morgan fingerprint density at radius 3 is 2.94 bits per heavy atom. The Hall–Kier alpha value is -0.0500. The second kappa shape index (κ2) is 5.52. The lowest BCUT2D eigenvalue weighted by molar-refractivity contribution is 0.246. The Kier molecular flexibility index (Phi) is 4.28. The number of rotatable bonds is 3. The summed E-state index contributed by atoms with van der Waals surface area (Å²) in [6, 6.07) is 4.40. The summed E-state index contributed by atoms with van der Waals surface area (Å²) in [6.07, 6.45) is 6.35. The fourth-order valence-electron chi connectivity index (χ4n) is 2.73. The van der Waals surface area contributed by atoms with Crippen molar-refractivity contribution in [2.75, 3.05) is 0 Å². The van der Waals surface area contributed by atoms with E-state index in [1.54, 1.807) is 11.3 Å². The van der Waals surface area contributed by atoms with Crippen molar-refractivity contribution >= 4 is 22.9 Å². The third-order valence-electron chi connectivity index (χ3n) is 3.65. The van der Waals surface area contributed by atoms with Gasteiger partial charge in [-0.25, -0.2) is 0 Å². The van der Waals surface area contributed by atoms with Gasteiger partial charge >= 0.3 is 0 Å². The van der Waals surface area contributed by atoms with Gasteiger partial charge in [-0.05, 0) is 43.2 Å². The monoisotopic (exact) mass is 257 g/mol. The fraction of sp³-hybridized carbons (Fsp3) is 0.692. The number of thiophene rings is 1. The molecular weight excluding hydrogens is 238 g/mol. The van der Waals surface area contributed by atoms with Crippen LogP contribution >= 0.6 is 22.9 Å². The molecule has 0 spiro atoms. The Bertz CT molecular complexity index is 336. The molecule has 1 heterocycles. The summed E-state index contributed by atoms with van der Waals surface area (Å²) in [5.74, 6) is 1.57. The van der Waals surface area contributed by atoms with E-state index in [9.17, 15) is 0 Å². The molecule has 3 atom stereocenters. The van der Waals surface area contributed by atoms with E-state index >= 15 is 0 Å². The molecule has 2 N–H and O–H groups in total. The van der Waals surface area contributed by atoms with Crippen molar-refractivity contribution in [2.45, 2.75) is 45.1 Å². The average Bonchev–Trinajstić information content (AvgIpc) is 2.64. The van der Waals surface area contributed by atoms with E-state index in [4.69, 9.17) is 17.3 Å². The van der Waals surface area contributed by atoms with Crippen molar-refractivity contribution in [1.29, 1.82) is 0 Å². The Labute approximate surface area is 107 Å². The first-order valence-electron chi connectivity index (χ1n) is 6.15. The molecule has 1 aromatic heterocycles. The molecule has 1 aromatic rings. The molecule has 90 valence electrons. The highest BCUT2D eigenvalue weighted by Gasteiger charge is 2.24. The molecule has 1 aliphatic carbocycles. The summed E-state index contributed by atoms with van der Waals surface area (Å²) < 4.78 is 0.874. The normalized spacial score (nSPS) is 27.9. The third-order valence-corrected chi connectivity index (χ3v) is 4.90. The van der Waals surface area contributed by atoms with E-state index in [1.807, 2.05) is 6.07 Å². The minimum atomic E-state index is 0.317. The van der Waals surface area contributed by atoms with Gasteiger partial charge in [0, 0.05) is 10.9 Å². The van der Waals surface area contributed by atoms with Crippen molar-refractivity contribution in [2.24, 2.45) is 17.6 Å². The zero-order valence-electron chi connectivity index (χ0n) is 9.79. The van der Waals surface area contributed by atoms with E-state index in [-0.39, 0.29) is 0 Å². The maximum atomic E-state index is 6.32. The molecule has 16 heavy (non-hydrogen) atoms. The van der Waals surface area contributed by atoms with E-state index in [0.717, 1.165) is 16.7 Å². The molecule has 0 aromatic carbocycles. The largest absolute Gasteiger partial charge is 0.327 e. The summed E-state index contributed by atoms with van der Waals surface area (Å²) in [5, 5.41) is 0. The van der Waals surface area contributed by atoms with E-state index in [2.05, 4.69) is 13.0 Å². The summed E-state index contributed by atoms with van der Waals surface area (Å²) in [4.78, 5) is 1.33. The lowest BCUT2D eigenvalue weighted by atomic mass is 9.78. The first-order valence-corrected chi connectivity index (χ1v) is 7.34. The van der Waals surface area contributed by atoms with Gasteiger partial charge in [0.2, 0.25) is 0 Å². The highest BCUT2D eigenvalue weighted by atomic mass is 35.5. The van der Waals surface area contributed by atoms with Crippen LogP contribution < -0.4 is 5.73 Å². The average molecular weight is 258 g/mol. The Morgan fingerprint density at radius 1 is 1.50 bits per heavy atom. The molecule has 0 aliphatic heterocycles. The van der Waals surface area contributed by atoms with Gasteiger partial charge in [-0.2, -0.15) is 0 Å². The molecule has 0 bridgehead atoms. The van der Waals surface area contributed by atoms with Crippen molar-refractivity contribution in [3.8, 4) is 0 Å². The lowest BCUT2D eigenvalue weighted by Crippen LogP contribution is -2.34. The van der Waals surface area contributed by atoms with Crippen LogP contribution in [0.2, 0.25) is 4.34 Å². The third kappa shape index (κ3) is 3.22. The predicted octanol–water partition coefficient (Wildman–Crippen LogP) is 4.10. The predicted molar refractivity (Wildman–Crippen MR) is 72.1 cm³/mol. The SMILES string of the molecule is CC1CCCC(C(N)Cc2ccc(Cl)s2)C1. The van der Waals surface area contributed by atoms with Crippen molar-refractivity contribution in [3.05, 3.63) is 21.3 Å². The van der Waals surface area contributed by atoms with Crippen LogP contribution in [0.1, 0.15) is 37.5 Å². The van der Waals surface area contributed by atoms with Gasteiger partial charge in [-0.15, -0.1) is 11.3 Å². The molecule has 1 aliphatic rings. The summed E-state index contributed by atoms with van der Waals surface area (Å²) in [5.41, 5.74) is 6.32. The van der Waals surface area contributed by atoms with Gasteiger partial charge in [0.15, 0.2) is 0 Å². The highest BCUT2D eigenvalue weighted by molar-refractivity contribution is 7.16. The molecule has 3 unspecified atom stereocenters. The smallest absolute Gasteiger partial charge is 0.0931 e. The standard InChI is InChI=1S/C13H20ClNS/c1-9-3-2-4-10(7-9)12(15)8-11-5-6-13(14)16-11/h5-6,9-10,12H,2-4,7-8,15H2,1H3. The molecule has 2 rings (SSSR count). The first-order chi connectivity index (χ1) is 7.65. The topological polar surface area (TPSA) is 26.0 Å². The van der Waals surface area contributed by atoms with Crippen LogP contribution in [0.15, 0.2) is 12.1 Å². The second-order valence-corrected chi connectivity index (χ2v) is 6.91. The summed E-state index contributed by atoms with van der Waals surface area (Å²) in [7, 11) is 0. The van der Waals surface area contributed by atoms with Crippen molar-refractivity contribution < 1.29 is 0 Å². The van der Waals surface area contributed by atoms with E-state index in [1.165, 1.54) is 30.6 Å². The van der Waals surface area contributed by atoms with Gasteiger partial charge in [0.1, 0.15) is 0 Å². The highest BCUT2D eigenvalue weighted by Crippen LogP contribution is 2.32. The van der Waals surface area contributed by atoms with Crippen LogP contribution in [0, 0.1) is 11.8 Å². The maximum absolute atomic E-state index is 6.32. The van der Waals surface area contributed by atoms with Gasteiger partial charge in [-0.1, -0.05) is 31.4 Å². The number of nitrogens with two attached hydrogens (primary N) is 1. The maximum Gasteiger partial charge on any atom is 0.0931 e. The first kappa shape index (κ1) is 12.4. The van der Waals surface area contributed by atoms with Crippen LogP contribution in [0.3, 0.4) is 0 Å². The molecule has 0 amide bonds. The van der Waals surface area contributed by atoms with Crippen LogP contribution in [0.4, 0.5) is 0 Å². The minimum absolute atomic E-state index is 0.317. The quantitative estimate of drug-likeness (QED) is 0.867. The second-order valence-electron chi connectivity index (χ2n) is 5.11. The molecule has 0 saturated heterocycles. The van der Waals surface area contributed by atoms with Crippen LogP contribution in [0.5, 0.6) is 0 Å². The molecular formula is C13H20ClNS. The van der Waals surface area contributed by atoms with Gasteiger partial charge in [0.25, 0.3) is 0 Å². The Morgan fingerprint density at radius 2 is 2.31 bits per heavy atom. The van der Waals surface area contributed by atoms with Gasteiger partial charge < -0.3 is 5.73 Å². The molecule has 0 radical (unpaired) electrons. The van der Waals surface area contributed by atoms with Crippen LogP contribution in [0.25, 0.3) is 0 Å². The number of halogens is 1. The number of hydrogen-bond donors (Lipinski definition) is 1. The molecule has 1 saturated carbocycles. The van der Waals surface area contributed by atoms with E-state index in [0.29, 0.717) is 12.0 Å². The van der Waals surface area contributed by atoms with E-state index < -0.39 is 0 Å². The van der Waals surface area contributed by atoms with Gasteiger partial charge in [-0.3, -0.25) is 0 Å². The molecule has 1 nitrogen and oxygen atoms in total.